The van der Waals surface area contributed by atoms with Crippen LogP contribution in [0, 0.1) is 11.8 Å². The normalized spacial score (nSPS) is 12.6. The molecule has 2 aromatic rings. The summed E-state index contributed by atoms with van der Waals surface area (Å²) in [5, 5.41) is 4.04. The second-order valence-corrected chi connectivity index (χ2v) is 4.96. The number of halogens is 5. The lowest BCUT2D eigenvalue weighted by molar-refractivity contribution is -0.138. The van der Waals surface area contributed by atoms with Gasteiger partial charge in [0.25, 0.3) is 0 Å². The van der Waals surface area contributed by atoms with Gasteiger partial charge in [-0.05, 0) is 19.1 Å². The number of anilines is 1. The molecule has 0 aliphatic rings. The number of nitrogens with one attached hydrogen (secondary N) is 2. The van der Waals surface area contributed by atoms with E-state index in [0.717, 1.165) is 18.5 Å². The lowest BCUT2D eigenvalue weighted by Gasteiger charge is -2.16. The summed E-state index contributed by atoms with van der Waals surface area (Å²) >= 11 is 0. The number of carbonyl (C=O) groups is 1. The van der Waals surface area contributed by atoms with Crippen LogP contribution in [0.2, 0.25) is 0 Å². The third kappa shape index (κ3) is 5.33. The number of aromatic nitrogens is 3. The summed E-state index contributed by atoms with van der Waals surface area (Å²) in [6.45, 7) is -0.261. The first kappa shape index (κ1) is 18.5. The highest BCUT2D eigenvalue weighted by Crippen LogP contribution is 2.18. The molecule has 2 N–H and O–H groups in total. The van der Waals surface area contributed by atoms with Crippen LogP contribution in [0.5, 0.6) is 0 Å². The van der Waals surface area contributed by atoms with E-state index >= 15 is 0 Å². The summed E-state index contributed by atoms with van der Waals surface area (Å²) in [5.41, 5.74) is 0.290. The highest BCUT2D eigenvalue weighted by molar-refractivity contribution is 5.84. The molecule has 0 fully saturated rings. The first-order chi connectivity index (χ1) is 11.7. The van der Waals surface area contributed by atoms with Crippen LogP contribution in [-0.4, -0.2) is 39.6 Å². The molecule has 0 aliphatic carbocycles. The lowest BCUT2D eigenvalue weighted by Crippen LogP contribution is -2.42. The van der Waals surface area contributed by atoms with Crippen LogP contribution in [0.25, 0.3) is 11.4 Å². The number of nitrogens with zero attached hydrogens (tertiary/aromatic N) is 3. The zero-order valence-electron chi connectivity index (χ0n) is 12.7. The van der Waals surface area contributed by atoms with E-state index < -0.39 is 36.4 Å². The van der Waals surface area contributed by atoms with E-state index in [9.17, 15) is 26.7 Å². The average Bonchev–Trinajstić information content (AvgIpc) is 2.54. The molecular formula is C14H12F5N5O. The Kier molecular flexibility index (Phi) is 5.45. The van der Waals surface area contributed by atoms with E-state index in [1.54, 1.807) is 5.32 Å². The Morgan fingerprint density at radius 2 is 1.92 bits per heavy atom. The lowest BCUT2D eigenvalue weighted by atomic mass is 10.2. The van der Waals surface area contributed by atoms with Crippen molar-refractivity contribution in [2.24, 2.45) is 0 Å². The molecule has 0 aliphatic heterocycles. The van der Waals surface area contributed by atoms with E-state index in [0.29, 0.717) is 5.56 Å². The number of pyridine rings is 1. The van der Waals surface area contributed by atoms with Crippen molar-refractivity contribution in [1.29, 1.82) is 0 Å². The van der Waals surface area contributed by atoms with Gasteiger partial charge in [-0.25, -0.2) is 19.3 Å². The molecule has 6 nitrogen and oxygen atoms in total. The second kappa shape index (κ2) is 7.36. The fourth-order valence-electron chi connectivity index (χ4n) is 1.73. The fourth-order valence-corrected chi connectivity index (χ4v) is 1.73. The summed E-state index contributed by atoms with van der Waals surface area (Å²) < 4.78 is 62.9. The first-order valence-electron chi connectivity index (χ1n) is 6.91. The Morgan fingerprint density at radius 3 is 2.52 bits per heavy atom. The summed E-state index contributed by atoms with van der Waals surface area (Å²) in [6, 6.07) is 1.19. The zero-order valence-corrected chi connectivity index (χ0v) is 12.7. The maximum atomic E-state index is 13.8. The molecule has 134 valence electrons. The highest BCUT2D eigenvalue weighted by Gasteiger charge is 2.29. The van der Waals surface area contributed by atoms with Crippen LogP contribution >= 0.6 is 0 Å². The van der Waals surface area contributed by atoms with E-state index in [2.05, 4.69) is 20.3 Å². The van der Waals surface area contributed by atoms with Crippen LogP contribution < -0.4 is 10.6 Å². The average molecular weight is 361 g/mol. The van der Waals surface area contributed by atoms with Crippen molar-refractivity contribution in [3.63, 3.8) is 0 Å². The number of alkyl halides is 3. The first-order valence-corrected chi connectivity index (χ1v) is 6.91. The third-order valence-electron chi connectivity index (χ3n) is 2.94. The van der Waals surface area contributed by atoms with Crippen LogP contribution in [0.1, 0.15) is 6.92 Å². The number of amides is 1. The predicted octanol–water partition coefficient (Wildman–Crippen LogP) is 2.30. The van der Waals surface area contributed by atoms with Gasteiger partial charge in [-0.3, -0.25) is 4.79 Å². The van der Waals surface area contributed by atoms with Gasteiger partial charge >= 0.3 is 6.18 Å². The molecule has 0 unspecified atom stereocenters. The summed E-state index contributed by atoms with van der Waals surface area (Å²) in [6.07, 6.45) is -2.61. The summed E-state index contributed by atoms with van der Waals surface area (Å²) in [7, 11) is 0. The smallest absolute Gasteiger partial charge is 0.356 e. The van der Waals surface area contributed by atoms with Crippen LogP contribution in [0.4, 0.5) is 27.8 Å². The molecule has 2 aromatic heterocycles. The second-order valence-electron chi connectivity index (χ2n) is 4.96. The Balaban J connectivity index is 2.12. The monoisotopic (exact) mass is 361 g/mol. The van der Waals surface area contributed by atoms with Gasteiger partial charge < -0.3 is 10.6 Å². The van der Waals surface area contributed by atoms with Gasteiger partial charge in [0, 0.05) is 11.8 Å². The quantitative estimate of drug-likeness (QED) is 0.631. The molecular weight excluding hydrogens is 349 g/mol. The van der Waals surface area contributed by atoms with Crippen molar-refractivity contribution in [1.82, 2.24) is 20.3 Å². The largest absolute Gasteiger partial charge is 0.405 e. The van der Waals surface area contributed by atoms with Crippen molar-refractivity contribution in [3.05, 3.63) is 36.3 Å². The molecule has 0 spiro atoms. The summed E-state index contributed by atoms with van der Waals surface area (Å²) in [4.78, 5) is 22.6. The molecule has 0 radical (unpaired) electrons. The Bertz CT molecular complexity index is 750. The van der Waals surface area contributed by atoms with Crippen molar-refractivity contribution in [3.8, 4) is 11.4 Å². The number of hydrogen-bond acceptors (Lipinski definition) is 5. The molecule has 2 rings (SSSR count). The minimum Gasteiger partial charge on any atom is -0.356 e. The fraction of sp³-hybridized carbons (Fsp3) is 0.286. The van der Waals surface area contributed by atoms with Gasteiger partial charge in [0.2, 0.25) is 11.9 Å². The molecule has 11 heteroatoms. The SMILES string of the molecule is C[C@H](Nc1nc(-c2ccc(F)nc2)ncc1F)C(=O)NCC(F)(F)F. The highest BCUT2D eigenvalue weighted by atomic mass is 19.4. The molecule has 2 heterocycles. The molecule has 0 bridgehead atoms. The summed E-state index contributed by atoms with van der Waals surface area (Å²) in [5.74, 6) is -3.00. The van der Waals surface area contributed by atoms with Crippen LogP contribution in [-0.2, 0) is 4.79 Å². The standard InChI is InChI=1S/C14H12F5N5O/c1-7(13(25)22-6-14(17,18)19)23-12-9(15)5-21-11(24-12)8-2-3-10(16)20-4-8/h2-5,7H,6H2,1H3,(H,22,25)(H,21,23,24)/t7-/m0/s1. The number of hydrogen-bond donors (Lipinski definition) is 2. The third-order valence-corrected chi connectivity index (χ3v) is 2.94. The van der Waals surface area contributed by atoms with Gasteiger partial charge in [-0.1, -0.05) is 0 Å². The molecule has 25 heavy (non-hydrogen) atoms. The van der Waals surface area contributed by atoms with Crippen LogP contribution in [0.15, 0.2) is 24.5 Å². The van der Waals surface area contributed by atoms with E-state index in [-0.39, 0.29) is 11.6 Å². The topological polar surface area (TPSA) is 79.8 Å². The van der Waals surface area contributed by atoms with Gasteiger partial charge in [-0.2, -0.15) is 17.6 Å². The van der Waals surface area contributed by atoms with Crippen molar-refractivity contribution in [2.75, 3.05) is 11.9 Å². The Hall–Kier alpha value is -2.85. The molecule has 0 saturated carbocycles. The zero-order chi connectivity index (χ0) is 18.6. The van der Waals surface area contributed by atoms with Crippen molar-refractivity contribution < 1.29 is 26.7 Å². The maximum Gasteiger partial charge on any atom is 0.405 e. The van der Waals surface area contributed by atoms with Gasteiger partial charge in [-0.15, -0.1) is 0 Å². The minimum atomic E-state index is -4.56. The Labute approximate surface area is 138 Å². The number of carbonyl (C=O) groups excluding carboxylic acids is 1. The number of rotatable bonds is 5. The van der Waals surface area contributed by atoms with Gasteiger partial charge in [0.15, 0.2) is 17.5 Å². The van der Waals surface area contributed by atoms with Gasteiger partial charge in [0.1, 0.15) is 12.6 Å². The van der Waals surface area contributed by atoms with Crippen LogP contribution in [0.3, 0.4) is 0 Å². The minimum absolute atomic E-state index is 0.000648. The molecule has 0 saturated heterocycles. The molecule has 1 amide bonds. The van der Waals surface area contributed by atoms with Gasteiger partial charge in [0.05, 0.1) is 6.20 Å². The van der Waals surface area contributed by atoms with E-state index in [1.807, 2.05) is 0 Å². The molecule has 0 aromatic carbocycles. The van der Waals surface area contributed by atoms with Crippen molar-refractivity contribution >= 4 is 11.7 Å². The predicted molar refractivity (Wildman–Crippen MR) is 77.3 cm³/mol. The maximum absolute atomic E-state index is 13.8. The Morgan fingerprint density at radius 1 is 1.20 bits per heavy atom. The van der Waals surface area contributed by atoms with E-state index in [4.69, 9.17) is 0 Å². The van der Waals surface area contributed by atoms with E-state index in [1.165, 1.54) is 13.0 Å². The van der Waals surface area contributed by atoms with Crippen molar-refractivity contribution in [2.45, 2.75) is 19.1 Å². The molecule has 1 atom stereocenters.